The molecule has 0 aliphatic heterocycles. The van der Waals surface area contributed by atoms with Crippen molar-refractivity contribution in [1.29, 1.82) is 0 Å². The summed E-state index contributed by atoms with van der Waals surface area (Å²) in [6.07, 6.45) is 2.99. The van der Waals surface area contributed by atoms with Crippen LogP contribution in [0.25, 0.3) is 10.4 Å². The molecule has 2 nitrogen and oxygen atoms in total. The Bertz CT molecular complexity index is 520. The van der Waals surface area contributed by atoms with Crippen LogP contribution in [0.2, 0.25) is 0 Å². The predicted molar refractivity (Wildman–Crippen MR) is 83.9 cm³/mol. The van der Waals surface area contributed by atoms with Crippen LogP contribution < -0.4 is 5.32 Å². The fourth-order valence-corrected chi connectivity index (χ4v) is 2.85. The van der Waals surface area contributed by atoms with Gasteiger partial charge in [-0.2, -0.15) is 0 Å². The van der Waals surface area contributed by atoms with Crippen molar-refractivity contribution in [1.82, 2.24) is 10.3 Å². The first-order valence-electron chi connectivity index (χ1n) is 6.71. The molecule has 0 bridgehead atoms. The minimum absolute atomic E-state index is 0.212. The number of thiazole rings is 1. The van der Waals surface area contributed by atoms with Gasteiger partial charge in [0.15, 0.2) is 0 Å². The van der Waals surface area contributed by atoms with Crippen LogP contribution in [0.15, 0.2) is 30.5 Å². The van der Waals surface area contributed by atoms with E-state index in [0.29, 0.717) is 0 Å². The van der Waals surface area contributed by atoms with Crippen LogP contribution >= 0.6 is 11.3 Å². The number of nitrogens with one attached hydrogen (secondary N) is 1. The van der Waals surface area contributed by atoms with Crippen molar-refractivity contribution in [2.45, 2.75) is 32.6 Å². The summed E-state index contributed by atoms with van der Waals surface area (Å²) in [4.78, 5) is 5.74. The second kappa shape index (κ2) is 5.85. The summed E-state index contributed by atoms with van der Waals surface area (Å²) in [6, 6.07) is 8.86. The first-order chi connectivity index (χ1) is 9.00. The summed E-state index contributed by atoms with van der Waals surface area (Å²) in [5.41, 5.74) is 2.85. The van der Waals surface area contributed by atoms with Crippen molar-refractivity contribution in [3.05, 3.63) is 41.0 Å². The Morgan fingerprint density at radius 2 is 1.84 bits per heavy atom. The molecule has 0 spiro atoms. The second-order valence-electron chi connectivity index (χ2n) is 5.80. The van der Waals surface area contributed by atoms with Gasteiger partial charge in [0.1, 0.15) is 0 Å². The molecule has 0 fully saturated rings. The maximum absolute atomic E-state index is 4.48. The molecule has 2 aromatic rings. The largest absolute Gasteiger partial charge is 0.319 e. The first-order valence-corrected chi connectivity index (χ1v) is 7.52. The summed E-state index contributed by atoms with van der Waals surface area (Å²) >= 11 is 1.79. The molecule has 1 heterocycles. The molecule has 19 heavy (non-hydrogen) atoms. The molecule has 0 atom stereocenters. The lowest BCUT2D eigenvalue weighted by Crippen LogP contribution is -2.10. The zero-order valence-electron chi connectivity index (χ0n) is 12.2. The predicted octanol–water partition coefficient (Wildman–Crippen LogP) is 3.87. The molecular formula is C16H22N2S. The van der Waals surface area contributed by atoms with Gasteiger partial charge in [-0.05, 0) is 23.6 Å². The van der Waals surface area contributed by atoms with Crippen LogP contribution in [-0.2, 0) is 11.8 Å². The Hall–Kier alpha value is -1.19. The molecule has 0 aliphatic rings. The number of rotatable bonds is 4. The third kappa shape index (κ3) is 3.64. The Morgan fingerprint density at radius 1 is 1.16 bits per heavy atom. The van der Waals surface area contributed by atoms with E-state index in [1.54, 1.807) is 11.3 Å². The molecule has 0 saturated carbocycles. The van der Waals surface area contributed by atoms with E-state index in [1.165, 1.54) is 21.0 Å². The number of hydrogen-bond acceptors (Lipinski definition) is 3. The van der Waals surface area contributed by atoms with Crippen LogP contribution in [0.1, 0.15) is 31.3 Å². The Labute approximate surface area is 119 Å². The minimum atomic E-state index is 0.212. The lowest BCUT2D eigenvalue weighted by atomic mass is 9.87. The number of aromatic nitrogens is 1. The first kappa shape index (κ1) is 14.2. The molecule has 1 N–H and O–H groups in total. The third-order valence-electron chi connectivity index (χ3n) is 3.18. The zero-order chi connectivity index (χ0) is 13.9. The van der Waals surface area contributed by atoms with Crippen molar-refractivity contribution in [3.8, 4) is 10.4 Å². The quantitative estimate of drug-likeness (QED) is 0.915. The average molecular weight is 274 g/mol. The molecule has 1 aromatic carbocycles. The molecule has 1 aromatic heterocycles. The van der Waals surface area contributed by atoms with Crippen LogP contribution in [0.3, 0.4) is 0 Å². The molecular weight excluding hydrogens is 252 g/mol. The molecule has 0 aliphatic carbocycles. The third-order valence-corrected chi connectivity index (χ3v) is 4.28. The summed E-state index contributed by atoms with van der Waals surface area (Å²) in [5, 5.41) is 4.35. The van der Waals surface area contributed by atoms with Crippen molar-refractivity contribution in [2.75, 3.05) is 13.6 Å². The van der Waals surface area contributed by atoms with E-state index in [4.69, 9.17) is 0 Å². The van der Waals surface area contributed by atoms with Gasteiger partial charge in [-0.3, -0.25) is 0 Å². The summed E-state index contributed by atoms with van der Waals surface area (Å²) < 4.78 is 0. The molecule has 2 rings (SSSR count). The van der Waals surface area contributed by atoms with Crippen LogP contribution in [0, 0.1) is 0 Å². The van der Waals surface area contributed by atoms with E-state index in [2.05, 4.69) is 55.3 Å². The normalized spacial score (nSPS) is 11.8. The number of hydrogen-bond donors (Lipinski definition) is 1. The van der Waals surface area contributed by atoms with Gasteiger partial charge in [0, 0.05) is 19.2 Å². The molecule has 3 heteroatoms. The molecule has 102 valence electrons. The lowest BCUT2D eigenvalue weighted by molar-refractivity contribution is 0.590. The summed E-state index contributed by atoms with van der Waals surface area (Å²) in [7, 11) is 1.97. The highest BCUT2D eigenvalue weighted by molar-refractivity contribution is 7.15. The standard InChI is InChI=1S/C16H22N2S/c1-16(2,3)13-7-5-12(6-8-13)14-11-18-15(19-14)9-10-17-4/h5-8,11,17H,9-10H2,1-4H3. The van der Waals surface area contributed by atoms with Crippen molar-refractivity contribution >= 4 is 11.3 Å². The Balaban J connectivity index is 2.16. The van der Waals surface area contributed by atoms with Gasteiger partial charge in [0.25, 0.3) is 0 Å². The highest BCUT2D eigenvalue weighted by Crippen LogP contribution is 2.29. The van der Waals surface area contributed by atoms with E-state index >= 15 is 0 Å². The van der Waals surface area contributed by atoms with E-state index in [9.17, 15) is 0 Å². The highest BCUT2D eigenvalue weighted by atomic mass is 32.1. The van der Waals surface area contributed by atoms with Gasteiger partial charge in [0.2, 0.25) is 0 Å². The van der Waals surface area contributed by atoms with Gasteiger partial charge < -0.3 is 5.32 Å². The van der Waals surface area contributed by atoms with Crippen molar-refractivity contribution in [3.63, 3.8) is 0 Å². The second-order valence-corrected chi connectivity index (χ2v) is 6.91. The topological polar surface area (TPSA) is 24.9 Å². The van der Waals surface area contributed by atoms with E-state index in [1.807, 2.05) is 13.2 Å². The SMILES string of the molecule is CNCCc1ncc(-c2ccc(C(C)(C)C)cc2)s1. The highest BCUT2D eigenvalue weighted by Gasteiger charge is 2.13. The van der Waals surface area contributed by atoms with E-state index in [0.717, 1.165) is 13.0 Å². The fraction of sp³-hybridized carbons (Fsp3) is 0.438. The number of likely N-dealkylation sites (N-methyl/N-ethyl adjacent to an activating group) is 1. The van der Waals surface area contributed by atoms with E-state index < -0.39 is 0 Å². The summed E-state index contributed by atoms with van der Waals surface area (Å²) in [5.74, 6) is 0. The number of benzene rings is 1. The Kier molecular flexibility index (Phi) is 4.38. The van der Waals surface area contributed by atoms with Gasteiger partial charge in [-0.1, -0.05) is 45.0 Å². The number of nitrogens with zero attached hydrogens (tertiary/aromatic N) is 1. The van der Waals surface area contributed by atoms with Crippen LogP contribution in [0.4, 0.5) is 0 Å². The zero-order valence-corrected chi connectivity index (χ0v) is 13.0. The van der Waals surface area contributed by atoms with E-state index in [-0.39, 0.29) is 5.41 Å². The van der Waals surface area contributed by atoms with Crippen LogP contribution in [-0.4, -0.2) is 18.6 Å². The molecule has 0 radical (unpaired) electrons. The van der Waals surface area contributed by atoms with Gasteiger partial charge in [-0.15, -0.1) is 11.3 Å². The minimum Gasteiger partial charge on any atom is -0.319 e. The van der Waals surface area contributed by atoms with Crippen molar-refractivity contribution in [2.24, 2.45) is 0 Å². The Morgan fingerprint density at radius 3 is 2.42 bits per heavy atom. The van der Waals surface area contributed by atoms with Gasteiger partial charge in [0.05, 0.1) is 9.88 Å². The molecule has 0 unspecified atom stereocenters. The van der Waals surface area contributed by atoms with Crippen molar-refractivity contribution < 1.29 is 0 Å². The smallest absolute Gasteiger partial charge is 0.0943 e. The molecule has 0 saturated heterocycles. The molecule has 0 amide bonds. The maximum Gasteiger partial charge on any atom is 0.0943 e. The maximum atomic E-state index is 4.48. The lowest BCUT2D eigenvalue weighted by Gasteiger charge is -2.18. The average Bonchev–Trinajstić information content (AvgIpc) is 2.84. The van der Waals surface area contributed by atoms with Gasteiger partial charge >= 0.3 is 0 Å². The summed E-state index contributed by atoms with van der Waals surface area (Å²) in [6.45, 7) is 7.70. The van der Waals surface area contributed by atoms with Gasteiger partial charge in [-0.25, -0.2) is 4.98 Å². The van der Waals surface area contributed by atoms with Crippen LogP contribution in [0.5, 0.6) is 0 Å². The monoisotopic (exact) mass is 274 g/mol. The fourth-order valence-electron chi connectivity index (χ4n) is 1.93.